The van der Waals surface area contributed by atoms with E-state index in [2.05, 4.69) is 17.2 Å². The summed E-state index contributed by atoms with van der Waals surface area (Å²) in [6.45, 7) is -0.273. The largest absolute Gasteiger partial charge is 0.384 e. The summed E-state index contributed by atoms with van der Waals surface area (Å²) >= 11 is 0. The number of hydrogen-bond donors (Lipinski definition) is 2. The number of amides is 1. The smallest absolute Gasteiger partial charge is 0.255 e. The lowest BCUT2D eigenvalue weighted by atomic mass is 10.1. The van der Waals surface area contributed by atoms with Gasteiger partial charge in [0.15, 0.2) is 11.6 Å². The fraction of sp³-hybridized carbons (Fsp3) is 0.0625. The zero-order valence-corrected chi connectivity index (χ0v) is 10.9. The molecule has 2 rings (SSSR count). The van der Waals surface area contributed by atoms with Crippen molar-refractivity contribution in [1.29, 1.82) is 0 Å². The van der Waals surface area contributed by atoms with E-state index in [0.717, 1.165) is 12.1 Å². The van der Waals surface area contributed by atoms with Gasteiger partial charge in [-0.15, -0.1) is 0 Å². The molecule has 0 aliphatic rings. The molecule has 2 aromatic carbocycles. The molecule has 5 heteroatoms. The van der Waals surface area contributed by atoms with Crippen molar-refractivity contribution in [2.45, 2.75) is 0 Å². The van der Waals surface area contributed by atoms with Crippen molar-refractivity contribution in [3.05, 3.63) is 65.2 Å². The molecule has 0 aliphatic carbocycles. The summed E-state index contributed by atoms with van der Waals surface area (Å²) in [6, 6.07) is 9.55. The molecule has 0 bridgehead atoms. The van der Waals surface area contributed by atoms with E-state index in [1.54, 1.807) is 18.2 Å². The van der Waals surface area contributed by atoms with Gasteiger partial charge in [0.2, 0.25) is 0 Å². The molecular weight excluding hydrogens is 276 g/mol. The van der Waals surface area contributed by atoms with Crippen LogP contribution >= 0.6 is 0 Å². The molecule has 0 saturated heterocycles. The molecule has 2 aromatic rings. The highest BCUT2D eigenvalue weighted by atomic mass is 19.2. The van der Waals surface area contributed by atoms with E-state index in [-0.39, 0.29) is 12.3 Å². The Labute approximate surface area is 120 Å². The fourth-order valence-corrected chi connectivity index (χ4v) is 1.66. The molecule has 21 heavy (non-hydrogen) atoms. The van der Waals surface area contributed by atoms with Crippen molar-refractivity contribution < 1.29 is 18.7 Å². The Morgan fingerprint density at radius 3 is 2.67 bits per heavy atom. The average molecular weight is 287 g/mol. The third-order valence-corrected chi connectivity index (χ3v) is 2.61. The zero-order chi connectivity index (χ0) is 15.2. The highest BCUT2D eigenvalue weighted by Gasteiger charge is 2.08. The SMILES string of the molecule is O=C(Nc1ccc(F)c(F)c1)c1cccc(C#CCO)c1. The second kappa shape index (κ2) is 6.64. The van der Waals surface area contributed by atoms with Crippen molar-refractivity contribution >= 4 is 11.6 Å². The Morgan fingerprint density at radius 1 is 1.14 bits per heavy atom. The quantitative estimate of drug-likeness (QED) is 0.834. The van der Waals surface area contributed by atoms with Gasteiger partial charge < -0.3 is 10.4 Å². The van der Waals surface area contributed by atoms with Crippen molar-refractivity contribution in [1.82, 2.24) is 0 Å². The lowest BCUT2D eigenvalue weighted by molar-refractivity contribution is 0.102. The maximum atomic E-state index is 13.1. The van der Waals surface area contributed by atoms with Crippen molar-refractivity contribution in [2.75, 3.05) is 11.9 Å². The number of halogens is 2. The molecular formula is C16H11F2NO2. The molecule has 0 radical (unpaired) electrons. The maximum absolute atomic E-state index is 13.1. The second-order valence-electron chi connectivity index (χ2n) is 4.12. The number of aliphatic hydroxyl groups is 1. The van der Waals surface area contributed by atoms with Gasteiger partial charge >= 0.3 is 0 Å². The van der Waals surface area contributed by atoms with Crippen molar-refractivity contribution in [3.8, 4) is 11.8 Å². The lowest BCUT2D eigenvalue weighted by Crippen LogP contribution is -2.12. The van der Waals surface area contributed by atoms with Gasteiger partial charge in [0.1, 0.15) is 6.61 Å². The zero-order valence-electron chi connectivity index (χ0n) is 10.9. The van der Waals surface area contributed by atoms with Gasteiger partial charge in [-0.3, -0.25) is 4.79 Å². The van der Waals surface area contributed by atoms with Gasteiger partial charge in [0.25, 0.3) is 5.91 Å². The van der Waals surface area contributed by atoms with Crippen LogP contribution in [0.5, 0.6) is 0 Å². The van der Waals surface area contributed by atoms with Gasteiger partial charge in [-0.25, -0.2) is 8.78 Å². The predicted molar refractivity (Wildman–Crippen MR) is 74.7 cm³/mol. The number of carbonyl (C=O) groups is 1. The monoisotopic (exact) mass is 287 g/mol. The average Bonchev–Trinajstić information content (AvgIpc) is 2.49. The van der Waals surface area contributed by atoms with Gasteiger partial charge in [0.05, 0.1) is 0 Å². The molecule has 0 unspecified atom stereocenters. The number of hydrogen-bond acceptors (Lipinski definition) is 2. The number of aliphatic hydroxyl groups excluding tert-OH is 1. The van der Waals surface area contributed by atoms with Crippen LogP contribution in [0.15, 0.2) is 42.5 Å². The van der Waals surface area contributed by atoms with Crippen molar-refractivity contribution in [3.63, 3.8) is 0 Å². The third-order valence-electron chi connectivity index (χ3n) is 2.61. The maximum Gasteiger partial charge on any atom is 0.255 e. The Balaban J connectivity index is 2.18. The first-order valence-corrected chi connectivity index (χ1v) is 6.06. The van der Waals surface area contributed by atoms with Crippen LogP contribution < -0.4 is 5.32 Å². The summed E-state index contributed by atoms with van der Waals surface area (Å²) in [5.41, 5.74) is 1.05. The molecule has 0 fully saturated rings. The van der Waals surface area contributed by atoms with Crippen LogP contribution in [0.1, 0.15) is 15.9 Å². The van der Waals surface area contributed by atoms with Crippen LogP contribution in [-0.2, 0) is 0 Å². The Bertz CT molecular complexity index is 733. The Kier molecular flexibility index (Phi) is 4.64. The highest BCUT2D eigenvalue weighted by Crippen LogP contribution is 2.14. The number of benzene rings is 2. The first-order valence-electron chi connectivity index (χ1n) is 6.06. The number of nitrogens with one attached hydrogen (secondary N) is 1. The van der Waals surface area contributed by atoms with E-state index in [1.165, 1.54) is 12.1 Å². The molecule has 106 valence electrons. The number of carbonyl (C=O) groups excluding carboxylic acids is 1. The first kappa shape index (κ1) is 14.7. The normalized spacial score (nSPS) is 9.67. The topological polar surface area (TPSA) is 49.3 Å². The van der Waals surface area contributed by atoms with E-state index in [9.17, 15) is 13.6 Å². The van der Waals surface area contributed by atoms with Crippen LogP contribution in [0.4, 0.5) is 14.5 Å². The summed E-state index contributed by atoms with van der Waals surface area (Å²) < 4.78 is 25.9. The van der Waals surface area contributed by atoms with Crippen LogP contribution in [0.2, 0.25) is 0 Å². The van der Waals surface area contributed by atoms with Crippen molar-refractivity contribution in [2.24, 2.45) is 0 Å². The molecule has 0 saturated carbocycles. The Hall–Kier alpha value is -2.71. The predicted octanol–water partition coefficient (Wildman–Crippen LogP) is 2.56. The molecule has 0 spiro atoms. The summed E-state index contributed by atoms with van der Waals surface area (Å²) in [5, 5.41) is 11.1. The molecule has 0 heterocycles. The van der Waals surface area contributed by atoms with E-state index in [0.29, 0.717) is 11.1 Å². The minimum Gasteiger partial charge on any atom is -0.384 e. The number of rotatable bonds is 2. The summed E-state index contributed by atoms with van der Waals surface area (Å²) in [5.74, 6) is 2.68. The Morgan fingerprint density at radius 2 is 1.95 bits per heavy atom. The second-order valence-corrected chi connectivity index (χ2v) is 4.12. The van der Waals surface area contributed by atoms with E-state index < -0.39 is 17.5 Å². The molecule has 0 aliphatic heterocycles. The summed E-state index contributed by atoms with van der Waals surface area (Å²) in [7, 11) is 0. The minimum absolute atomic E-state index is 0.158. The third kappa shape index (κ3) is 3.88. The first-order chi connectivity index (χ1) is 10.1. The van der Waals surface area contributed by atoms with Gasteiger partial charge in [-0.2, -0.15) is 0 Å². The molecule has 3 nitrogen and oxygen atoms in total. The van der Waals surface area contributed by atoms with Crippen LogP contribution in [-0.4, -0.2) is 17.6 Å². The van der Waals surface area contributed by atoms with Crippen LogP contribution in [0, 0.1) is 23.5 Å². The minimum atomic E-state index is -1.03. The van der Waals surface area contributed by atoms with Gasteiger partial charge in [-0.05, 0) is 30.3 Å². The highest BCUT2D eigenvalue weighted by molar-refractivity contribution is 6.04. The molecule has 0 aromatic heterocycles. The molecule has 0 atom stereocenters. The van der Waals surface area contributed by atoms with E-state index in [1.807, 2.05) is 0 Å². The standard InChI is InChI=1S/C16H11F2NO2/c17-14-7-6-13(10-15(14)18)19-16(21)12-5-1-3-11(9-12)4-2-8-20/h1,3,5-7,9-10,20H,8H2,(H,19,21). The molecule has 2 N–H and O–H groups in total. The summed E-state index contributed by atoms with van der Waals surface area (Å²) in [4.78, 5) is 12.0. The molecule has 1 amide bonds. The lowest BCUT2D eigenvalue weighted by Gasteiger charge is -2.06. The van der Waals surface area contributed by atoms with Gasteiger partial charge in [0, 0.05) is 22.9 Å². The van der Waals surface area contributed by atoms with Gasteiger partial charge in [-0.1, -0.05) is 17.9 Å². The number of anilines is 1. The fourth-order valence-electron chi connectivity index (χ4n) is 1.66. The van der Waals surface area contributed by atoms with Crippen LogP contribution in [0.3, 0.4) is 0 Å². The van der Waals surface area contributed by atoms with E-state index >= 15 is 0 Å². The summed E-state index contributed by atoms with van der Waals surface area (Å²) in [6.07, 6.45) is 0. The van der Waals surface area contributed by atoms with Crippen LogP contribution in [0.25, 0.3) is 0 Å². The van der Waals surface area contributed by atoms with E-state index in [4.69, 9.17) is 5.11 Å².